The topological polar surface area (TPSA) is 65.3 Å². The highest BCUT2D eigenvalue weighted by molar-refractivity contribution is 8.14. The van der Waals surface area contributed by atoms with Gasteiger partial charge in [0.05, 0.1) is 11.1 Å². The van der Waals surface area contributed by atoms with E-state index in [1.807, 2.05) is 0 Å². The summed E-state index contributed by atoms with van der Waals surface area (Å²) in [6.45, 7) is 7.71. The average Bonchev–Trinajstić information content (AvgIpc) is 3.32. The van der Waals surface area contributed by atoms with Crippen molar-refractivity contribution in [2.24, 2.45) is 9.98 Å². The van der Waals surface area contributed by atoms with Gasteiger partial charge in [-0.1, -0.05) is 0 Å². The van der Waals surface area contributed by atoms with Gasteiger partial charge in [0.1, 0.15) is 10.1 Å². The van der Waals surface area contributed by atoms with Crippen LogP contribution in [0, 0.1) is 0 Å². The van der Waals surface area contributed by atoms with Crippen molar-refractivity contribution in [3.8, 4) is 0 Å². The summed E-state index contributed by atoms with van der Waals surface area (Å²) in [4.78, 5) is 35.6. The lowest BCUT2D eigenvalue weighted by Gasteiger charge is -2.15. The smallest absolute Gasteiger partial charge is 0.260 e. The normalized spacial score (nSPS) is 21.0. The van der Waals surface area contributed by atoms with Crippen LogP contribution in [0.25, 0.3) is 0 Å². The molecule has 0 aromatic heterocycles. The molecule has 0 atom stereocenters. The Labute approximate surface area is 174 Å². The Hall–Kier alpha value is -2.06. The molecular formula is C20H24N4O2S2. The molecule has 0 unspecified atom stereocenters. The van der Waals surface area contributed by atoms with Gasteiger partial charge in [-0.3, -0.25) is 9.59 Å². The zero-order valence-electron chi connectivity index (χ0n) is 17.4. The van der Waals surface area contributed by atoms with Crippen molar-refractivity contribution in [2.75, 3.05) is 26.6 Å². The molecule has 28 heavy (non-hydrogen) atoms. The highest BCUT2D eigenvalue weighted by atomic mass is 32.2. The number of nitrogens with zero attached hydrogens (tertiary/aromatic N) is 4. The number of thioether (sulfide) groups is 2. The highest BCUT2D eigenvalue weighted by Crippen LogP contribution is 2.40. The van der Waals surface area contributed by atoms with Crippen LogP contribution in [0.15, 0.2) is 55.1 Å². The van der Waals surface area contributed by atoms with Crippen LogP contribution in [-0.4, -0.2) is 58.3 Å². The molecule has 0 spiro atoms. The number of amides is 2. The molecule has 0 saturated carbocycles. The maximum absolute atomic E-state index is 11.7. The first-order chi connectivity index (χ1) is 13.1. The van der Waals surface area contributed by atoms with E-state index < -0.39 is 0 Å². The zero-order chi connectivity index (χ0) is 20.9. The van der Waals surface area contributed by atoms with E-state index in [2.05, 4.69) is 36.3 Å². The molecule has 4 aliphatic rings. The van der Waals surface area contributed by atoms with Gasteiger partial charge in [0.2, 0.25) is 0 Å². The SMILES string of the molecule is CC1=C2C(=O)N(C)C(C)=C2C(=O)N1C.CSC1=NC(C)=C2C(SC)=NC(C)=C12. The first-order valence-electron chi connectivity index (χ1n) is 8.82. The van der Waals surface area contributed by atoms with Gasteiger partial charge in [0.25, 0.3) is 11.8 Å². The van der Waals surface area contributed by atoms with Crippen LogP contribution in [0.4, 0.5) is 0 Å². The summed E-state index contributed by atoms with van der Waals surface area (Å²) >= 11 is 3.39. The molecule has 0 aromatic rings. The zero-order valence-corrected chi connectivity index (χ0v) is 19.1. The van der Waals surface area contributed by atoms with E-state index in [4.69, 9.17) is 0 Å². The van der Waals surface area contributed by atoms with Crippen LogP contribution in [0.3, 0.4) is 0 Å². The Balaban J connectivity index is 0.000000161. The van der Waals surface area contributed by atoms with Crippen molar-refractivity contribution in [1.29, 1.82) is 0 Å². The number of allylic oxidation sites excluding steroid dienone is 4. The van der Waals surface area contributed by atoms with Crippen molar-refractivity contribution >= 4 is 45.4 Å². The van der Waals surface area contributed by atoms with E-state index in [1.54, 1.807) is 51.5 Å². The number of likely N-dealkylation sites (N-methyl/N-ethyl adjacent to an activating group) is 2. The van der Waals surface area contributed by atoms with E-state index in [9.17, 15) is 9.59 Å². The second kappa shape index (κ2) is 7.40. The molecule has 4 heterocycles. The largest absolute Gasteiger partial charge is 0.315 e. The van der Waals surface area contributed by atoms with E-state index >= 15 is 0 Å². The van der Waals surface area contributed by atoms with Crippen molar-refractivity contribution in [2.45, 2.75) is 27.7 Å². The summed E-state index contributed by atoms with van der Waals surface area (Å²) in [6.07, 6.45) is 4.12. The van der Waals surface area contributed by atoms with Gasteiger partial charge in [-0.05, 0) is 40.2 Å². The summed E-state index contributed by atoms with van der Waals surface area (Å²) in [5.41, 5.74) is 7.34. The van der Waals surface area contributed by atoms with Gasteiger partial charge in [-0.25, -0.2) is 9.98 Å². The predicted molar refractivity (Wildman–Crippen MR) is 118 cm³/mol. The second-order valence-corrected chi connectivity index (χ2v) is 8.40. The van der Waals surface area contributed by atoms with E-state index in [0.717, 1.165) is 32.9 Å². The highest BCUT2D eigenvalue weighted by Gasteiger charge is 2.42. The van der Waals surface area contributed by atoms with E-state index in [-0.39, 0.29) is 11.8 Å². The fourth-order valence-electron chi connectivity index (χ4n) is 3.57. The van der Waals surface area contributed by atoms with E-state index in [1.165, 1.54) is 20.9 Å². The molecule has 4 aliphatic heterocycles. The molecule has 0 aromatic carbocycles. The standard InChI is InChI=1S/C10H12N2O2.C10H12N2S2/c1-5-7-8(10(14)11(5)3)6(2)12(4)9(7)13;1-5-7-8(10(11-5)14-4)6(2)12-9(7)13-3/h2*1-4H3. The van der Waals surface area contributed by atoms with Crippen LogP contribution in [0.2, 0.25) is 0 Å². The minimum atomic E-state index is -0.0762. The Morgan fingerprint density at radius 2 is 0.964 bits per heavy atom. The molecular weight excluding hydrogens is 392 g/mol. The average molecular weight is 417 g/mol. The molecule has 8 heteroatoms. The first kappa shape index (κ1) is 20.7. The third-order valence-electron chi connectivity index (χ3n) is 5.34. The van der Waals surface area contributed by atoms with Crippen LogP contribution in [-0.2, 0) is 9.59 Å². The molecule has 4 rings (SSSR count). The number of rotatable bonds is 0. The Kier molecular flexibility index (Phi) is 5.46. The molecule has 0 fully saturated rings. The minimum Gasteiger partial charge on any atom is -0.315 e. The van der Waals surface area contributed by atoms with Crippen LogP contribution in [0.5, 0.6) is 0 Å². The minimum absolute atomic E-state index is 0.0762. The van der Waals surface area contributed by atoms with Gasteiger partial charge in [-0.15, -0.1) is 23.5 Å². The Morgan fingerprint density at radius 3 is 1.25 bits per heavy atom. The van der Waals surface area contributed by atoms with Crippen molar-refractivity contribution < 1.29 is 9.59 Å². The maximum atomic E-state index is 11.7. The molecule has 0 aliphatic carbocycles. The predicted octanol–water partition coefficient (Wildman–Crippen LogP) is 3.56. The molecule has 0 N–H and O–H groups in total. The van der Waals surface area contributed by atoms with Crippen molar-refractivity contribution in [3.63, 3.8) is 0 Å². The number of hydrogen-bond donors (Lipinski definition) is 0. The van der Waals surface area contributed by atoms with Crippen molar-refractivity contribution in [3.05, 3.63) is 45.1 Å². The molecule has 6 nitrogen and oxygen atoms in total. The lowest BCUT2D eigenvalue weighted by molar-refractivity contribution is -0.123. The van der Waals surface area contributed by atoms with Crippen LogP contribution in [0.1, 0.15) is 27.7 Å². The third kappa shape index (κ3) is 2.90. The number of carbonyl (C=O) groups is 2. The molecule has 0 bridgehead atoms. The lowest BCUT2D eigenvalue weighted by Crippen LogP contribution is -2.24. The number of aliphatic imine (C=N–C) groups is 2. The first-order valence-corrected chi connectivity index (χ1v) is 11.3. The Bertz CT molecular complexity index is 916. The number of carbonyl (C=O) groups excluding carboxylic acids is 2. The fraction of sp³-hybridized carbons (Fsp3) is 0.400. The summed E-state index contributed by atoms with van der Waals surface area (Å²) in [5.74, 6) is -0.152. The monoisotopic (exact) mass is 416 g/mol. The molecule has 0 saturated heterocycles. The van der Waals surface area contributed by atoms with Gasteiger partial charge < -0.3 is 9.80 Å². The lowest BCUT2D eigenvalue weighted by atomic mass is 10.1. The molecule has 2 amide bonds. The Morgan fingerprint density at radius 1 is 0.643 bits per heavy atom. The molecule has 0 radical (unpaired) electrons. The molecule has 148 valence electrons. The summed E-state index contributed by atoms with van der Waals surface area (Å²) < 4.78 is 0. The summed E-state index contributed by atoms with van der Waals surface area (Å²) in [6, 6.07) is 0. The number of hydrogen-bond acceptors (Lipinski definition) is 6. The van der Waals surface area contributed by atoms with Crippen molar-refractivity contribution in [1.82, 2.24) is 9.80 Å². The van der Waals surface area contributed by atoms with Crippen LogP contribution >= 0.6 is 23.5 Å². The fourth-order valence-corrected chi connectivity index (χ4v) is 4.93. The third-order valence-corrected chi connectivity index (χ3v) is 6.71. The summed E-state index contributed by atoms with van der Waals surface area (Å²) in [7, 11) is 3.38. The van der Waals surface area contributed by atoms with E-state index in [0.29, 0.717) is 11.1 Å². The number of fused-ring (bicyclic) bond motifs is 2. The van der Waals surface area contributed by atoms with Gasteiger partial charge >= 0.3 is 0 Å². The maximum Gasteiger partial charge on any atom is 0.260 e. The quantitative estimate of drug-likeness (QED) is 0.606. The van der Waals surface area contributed by atoms with Gasteiger partial charge in [-0.2, -0.15) is 0 Å². The van der Waals surface area contributed by atoms with Crippen LogP contribution < -0.4 is 0 Å². The summed E-state index contributed by atoms with van der Waals surface area (Å²) in [5, 5.41) is 2.23. The second-order valence-electron chi connectivity index (χ2n) is 6.81. The van der Waals surface area contributed by atoms with Gasteiger partial charge in [0.15, 0.2) is 0 Å². The van der Waals surface area contributed by atoms with Gasteiger partial charge in [0, 0.05) is 48.0 Å².